The molecule has 1 rings (SSSR count). The second kappa shape index (κ2) is 3.84. The minimum Gasteiger partial charge on any atom is -0.385 e. The average Bonchev–Trinajstić information content (AvgIpc) is 1.85. The number of hydrogen-bond donors (Lipinski definition) is 1. The van der Waals surface area contributed by atoms with Crippen LogP contribution in [0.25, 0.3) is 0 Å². The Labute approximate surface area is 76.3 Å². The summed E-state index contributed by atoms with van der Waals surface area (Å²) in [6.45, 7) is 4.26. The summed E-state index contributed by atoms with van der Waals surface area (Å²) in [7, 11) is 0. The van der Waals surface area contributed by atoms with Crippen molar-refractivity contribution in [1.29, 1.82) is 0 Å². The van der Waals surface area contributed by atoms with Gasteiger partial charge in [-0.25, -0.2) is 0 Å². The van der Waals surface area contributed by atoms with Gasteiger partial charge in [0.1, 0.15) is 0 Å². The van der Waals surface area contributed by atoms with Crippen molar-refractivity contribution in [3.8, 4) is 0 Å². The summed E-state index contributed by atoms with van der Waals surface area (Å²) in [6, 6.07) is 5.30. The molecule has 0 bridgehead atoms. The van der Waals surface area contributed by atoms with Gasteiger partial charge in [-0.05, 0) is 25.1 Å². The maximum absolute atomic E-state index is 5.74. The van der Waals surface area contributed by atoms with Crippen molar-refractivity contribution in [2.24, 2.45) is 0 Å². The Hall–Kier alpha value is -0.400. The van der Waals surface area contributed by atoms with E-state index in [0.717, 1.165) is 5.69 Å². The van der Waals surface area contributed by atoms with Crippen molar-refractivity contribution >= 4 is 28.9 Å². The van der Waals surface area contributed by atoms with Gasteiger partial charge in [0.05, 0.1) is 0 Å². The van der Waals surface area contributed by atoms with E-state index < -0.39 is 0 Å². The Morgan fingerprint density at radius 1 is 1.18 bits per heavy atom. The fourth-order valence-electron chi connectivity index (χ4n) is 0.800. The lowest BCUT2D eigenvalue weighted by Gasteiger charge is -2.03. The van der Waals surface area contributed by atoms with Crippen molar-refractivity contribution in [2.45, 2.75) is 0 Å². The SMILES string of the molecule is [CH2]CNc1cc(Cl)cc(Cl)c1. The van der Waals surface area contributed by atoms with E-state index in [0.29, 0.717) is 16.6 Å². The fourth-order valence-corrected chi connectivity index (χ4v) is 1.33. The van der Waals surface area contributed by atoms with Crippen LogP contribution in [0.2, 0.25) is 10.0 Å². The minimum absolute atomic E-state index is 0.622. The molecular weight excluding hydrogens is 181 g/mol. The maximum Gasteiger partial charge on any atom is 0.0441 e. The van der Waals surface area contributed by atoms with Crippen LogP contribution in [0.5, 0.6) is 0 Å². The topological polar surface area (TPSA) is 12.0 Å². The van der Waals surface area contributed by atoms with E-state index >= 15 is 0 Å². The van der Waals surface area contributed by atoms with Gasteiger partial charge in [-0.15, -0.1) is 0 Å². The normalized spacial score (nSPS) is 9.73. The first-order valence-corrected chi connectivity index (χ1v) is 3.97. The van der Waals surface area contributed by atoms with Crippen molar-refractivity contribution in [3.05, 3.63) is 35.2 Å². The number of halogens is 2. The highest BCUT2D eigenvalue weighted by Crippen LogP contribution is 2.21. The Morgan fingerprint density at radius 3 is 2.18 bits per heavy atom. The molecule has 1 N–H and O–H groups in total. The third-order valence-corrected chi connectivity index (χ3v) is 1.63. The molecule has 1 radical (unpaired) electrons. The number of rotatable bonds is 2. The summed E-state index contributed by atoms with van der Waals surface area (Å²) in [6.07, 6.45) is 0. The lowest BCUT2D eigenvalue weighted by Crippen LogP contribution is -1.95. The summed E-state index contributed by atoms with van der Waals surface area (Å²) < 4.78 is 0. The zero-order valence-corrected chi connectivity index (χ0v) is 7.41. The van der Waals surface area contributed by atoms with Gasteiger partial charge in [-0.1, -0.05) is 23.2 Å². The fraction of sp³-hybridized carbons (Fsp3) is 0.125. The van der Waals surface area contributed by atoms with Gasteiger partial charge in [0.2, 0.25) is 0 Å². The van der Waals surface area contributed by atoms with Gasteiger partial charge in [-0.3, -0.25) is 0 Å². The van der Waals surface area contributed by atoms with Crippen molar-refractivity contribution in [3.63, 3.8) is 0 Å². The Bertz CT molecular complexity index is 228. The molecule has 0 fully saturated rings. The second-order valence-corrected chi connectivity index (χ2v) is 2.96. The summed E-state index contributed by atoms with van der Waals surface area (Å²) in [4.78, 5) is 0. The molecule has 0 amide bonds. The smallest absolute Gasteiger partial charge is 0.0441 e. The maximum atomic E-state index is 5.74. The van der Waals surface area contributed by atoms with E-state index in [1.54, 1.807) is 18.2 Å². The first-order chi connectivity index (χ1) is 5.22. The Morgan fingerprint density at radius 2 is 1.73 bits per heavy atom. The van der Waals surface area contributed by atoms with Crippen molar-refractivity contribution < 1.29 is 0 Å². The van der Waals surface area contributed by atoms with Crippen LogP contribution in [0.4, 0.5) is 5.69 Å². The summed E-state index contributed by atoms with van der Waals surface area (Å²) in [5.41, 5.74) is 0.900. The van der Waals surface area contributed by atoms with Crippen LogP contribution in [-0.2, 0) is 0 Å². The molecule has 1 nitrogen and oxygen atoms in total. The highest BCUT2D eigenvalue weighted by atomic mass is 35.5. The molecule has 0 saturated heterocycles. The van der Waals surface area contributed by atoms with Gasteiger partial charge in [0.25, 0.3) is 0 Å². The van der Waals surface area contributed by atoms with Gasteiger partial charge < -0.3 is 5.32 Å². The quantitative estimate of drug-likeness (QED) is 0.752. The van der Waals surface area contributed by atoms with Crippen LogP contribution in [0, 0.1) is 6.92 Å². The number of benzene rings is 1. The molecule has 0 aliphatic carbocycles. The van der Waals surface area contributed by atoms with Gasteiger partial charge in [0.15, 0.2) is 0 Å². The van der Waals surface area contributed by atoms with Gasteiger partial charge >= 0.3 is 0 Å². The molecule has 0 aromatic heterocycles. The average molecular weight is 189 g/mol. The number of nitrogens with one attached hydrogen (secondary N) is 1. The van der Waals surface area contributed by atoms with Crippen LogP contribution in [0.15, 0.2) is 18.2 Å². The van der Waals surface area contributed by atoms with Crippen LogP contribution in [-0.4, -0.2) is 6.54 Å². The molecule has 11 heavy (non-hydrogen) atoms. The molecule has 1 aromatic rings. The predicted octanol–water partition coefficient (Wildman–Crippen LogP) is 3.24. The van der Waals surface area contributed by atoms with E-state index in [-0.39, 0.29) is 0 Å². The molecule has 0 unspecified atom stereocenters. The molecule has 0 aliphatic heterocycles. The monoisotopic (exact) mass is 188 g/mol. The highest BCUT2D eigenvalue weighted by molar-refractivity contribution is 6.35. The lowest BCUT2D eigenvalue weighted by molar-refractivity contribution is 1.34. The lowest BCUT2D eigenvalue weighted by atomic mass is 10.3. The van der Waals surface area contributed by atoms with Crippen LogP contribution < -0.4 is 5.32 Å². The van der Waals surface area contributed by atoms with E-state index in [2.05, 4.69) is 12.2 Å². The van der Waals surface area contributed by atoms with Gasteiger partial charge in [0, 0.05) is 22.3 Å². The van der Waals surface area contributed by atoms with Crippen LogP contribution in [0.1, 0.15) is 0 Å². The zero-order valence-electron chi connectivity index (χ0n) is 5.90. The van der Waals surface area contributed by atoms with E-state index in [9.17, 15) is 0 Å². The Kier molecular flexibility index (Phi) is 3.03. The highest BCUT2D eigenvalue weighted by Gasteiger charge is 1.95. The van der Waals surface area contributed by atoms with Crippen molar-refractivity contribution in [2.75, 3.05) is 11.9 Å². The number of hydrogen-bond acceptors (Lipinski definition) is 1. The van der Waals surface area contributed by atoms with E-state index in [1.165, 1.54) is 0 Å². The molecular formula is C8H8Cl2N. The predicted molar refractivity (Wildman–Crippen MR) is 50.3 cm³/mol. The first-order valence-electron chi connectivity index (χ1n) is 3.21. The minimum atomic E-state index is 0.622. The standard InChI is InChI=1S/C8H8Cl2N/c1-2-11-8-4-6(9)3-7(10)5-8/h3-5,11H,1-2H2. The molecule has 3 heteroatoms. The molecule has 0 saturated carbocycles. The molecule has 0 heterocycles. The Balaban J connectivity index is 2.89. The second-order valence-electron chi connectivity index (χ2n) is 2.08. The molecule has 0 spiro atoms. The van der Waals surface area contributed by atoms with Crippen LogP contribution >= 0.6 is 23.2 Å². The molecule has 1 aromatic carbocycles. The summed E-state index contributed by atoms with van der Waals surface area (Å²) in [5.74, 6) is 0. The summed E-state index contributed by atoms with van der Waals surface area (Å²) in [5, 5.41) is 4.27. The molecule has 0 atom stereocenters. The van der Waals surface area contributed by atoms with Crippen LogP contribution in [0.3, 0.4) is 0 Å². The van der Waals surface area contributed by atoms with E-state index in [1.807, 2.05) is 0 Å². The molecule has 59 valence electrons. The summed E-state index contributed by atoms with van der Waals surface area (Å²) >= 11 is 11.5. The van der Waals surface area contributed by atoms with Gasteiger partial charge in [-0.2, -0.15) is 0 Å². The largest absolute Gasteiger partial charge is 0.385 e. The van der Waals surface area contributed by atoms with E-state index in [4.69, 9.17) is 23.2 Å². The first kappa shape index (κ1) is 8.69. The zero-order chi connectivity index (χ0) is 8.27. The third-order valence-electron chi connectivity index (χ3n) is 1.19. The molecule has 0 aliphatic rings. The third kappa shape index (κ3) is 2.60. The number of anilines is 1. The van der Waals surface area contributed by atoms with Crippen molar-refractivity contribution in [1.82, 2.24) is 0 Å².